The molecule has 1 aliphatic heterocycles. The van der Waals surface area contributed by atoms with Crippen molar-refractivity contribution >= 4 is 23.1 Å². The molecule has 7 heteroatoms. The summed E-state index contributed by atoms with van der Waals surface area (Å²) in [6.07, 6.45) is 0. The second-order valence-electron chi connectivity index (χ2n) is 8.10. The molecule has 1 fully saturated rings. The molecule has 2 N–H and O–H groups in total. The SMILES string of the molecule is CCOc1ccc(/C(O)=C2/C(=O)C(=O)N(c3ccccc3O)C2c2cccc(C)c2)c(OCC)c1. The predicted octanol–water partition coefficient (Wildman–Crippen LogP) is 5.12. The summed E-state index contributed by atoms with van der Waals surface area (Å²) >= 11 is 0. The van der Waals surface area contributed by atoms with Crippen LogP contribution in [0.3, 0.4) is 0 Å². The van der Waals surface area contributed by atoms with Gasteiger partial charge >= 0.3 is 0 Å². The Morgan fingerprint density at radius 1 is 0.943 bits per heavy atom. The molecule has 0 bridgehead atoms. The van der Waals surface area contributed by atoms with Crippen molar-refractivity contribution in [3.05, 3.63) is 89.0 Å². The molecule has 180 valence electrons. The van der Waals surface area contributed by atoms with Crippen LogP contribution in [0, 0.1) is 6.92 Å². The van der Waals surface area contributed by atoms with E-state index in [1.54, 1.807) is 49.4 Å². The van der Waals surface area contributed by atoms with Crippen molar-refractivity contribution in [2.45, 2.75) is 26.8 Å². The second-order valence-corrected chi connectivity index (χ2v) is 8.10. The molecule has 1 aliphatic rings. The summed E-state index contributed by atoms with van der Waals surface area (Å²) in [4.78, 5) is 27.9. The van der Waals surface area contributed by atoms with Gasteiger partial charge in [-0.3, -0.25) is 14.5 Å². The van der Waals surface area contributed by atoms with E-state index < -0.39 is 17.7 Å². The van der Waals surface area contributed by atoms with E-state index in [2.05, 4.69) is 0 Å². The number of phenols is 1. The van der Waals surface area contributed by atoms with Crippen LogP contribution >= 0.6 is 0 Å². The standard InChI is InChI=1S/C28H27NO6/c1-4-34-19-13-14-20(23(16-19)35-5-2)26(31)24-25(18-10-8-9-17(3)15-18)29(28(33)27(24)32)21-11-6-7-12-22(21)30/h6-16,25,30-31H,4-5H2,1-3H3/b26-24-. The first kappa shape index (κ1) is 23.9. The number of aromatic hydroxyl groups is 1. The Balaban J connectivity index is 1.97. The molecule has 0 spiro atoms. The summed E-state index contributed by atoms with van der Waals surface area (Å²) in [5.74, 6) is -1.33. The Hall–Kier alpha value is -4.26. The van der Waals surface area contributed by atoms with E-state index in [1.165, 1.54) is 11.0 Å². The van der Waals surface area contributed by atoms with Gasteiger partial charge in [0.05, 0.1) is 36.1 Å². The smallest absolute Gasteiger partial charge is 0.300 e. The van der Waals surface area contributed by atoms with E-state index in [0.717, 1.165) is 5.56 Å². The molecule has 4 rings (SSSR count). The van der Waals surface area contributed by atoms with Crippen molar-refractivity contribution in [2.75, 3.05) is 18.1 Å². The Bertz CT molecular complexity index is 1310. The molecule has 1 atom stereocenters. The van der Waals surface area contributed by atoms with E-state index in [0.29, 0.717) is 30.3 Å². The van der Waals surface area contributed by atoms with Gasteiger partial charge in [-0.1, -0.05) is 42.0 Å². The Morgan fingerprint density at radius 3 is 2.37 bits per heavy atom. The summed E-state index contributed by atoms with van der Waals surface area (Å²) in [6.45, 7) is 6.34. The minimum absolute atomic E-state index is 0.0889. The van der Waals surface area contributed by atoms with Crippen molar-refractivity contribution in [1.29, 1.82) is 0 Å². The van der Waals surface area contributed by atoms with Crippen molar-refractivity contribution in [3.8, 4) is 17.2 Å². The molecule has 0 radical (unpaired) electrons. The van der Waals surface area contributed by atoms with Crippen LogP contribution < -0.4 is 14.4 Å². The number of nitrogens with zero attached hydrogens (tertiary/aromatic N) is 1. The minimum atomic E-state index is -0.954. The number of Topliss-reactive ketones (excluding diaryl/α,β-unsaturated/α-hetero) is 1. The zero-order valence-electron chi connectivity index (χ0n) is 19.8. The van der Waals surface area contributed by atoms with Gasteiger partial charge in [-0.2, -0.15) is 0 Å². The third-order valence-electron chi connectivity index (χ3n) is 5.76. The number of rotatable bonds is 7. The van der Waals surface area contributed by atoms with Gasteiger partial charge in [-0.25, -0.2) is 0 Å². The summed E-state index contributed by atoms with van der Waals surface area (Å²) < 4.78 is 11.3. The number of aliphatic hydroxyl groups excluding tert-OH is 1. The third-order valence-corrected chi connectivity index (χ3v) is 5.76. The first-order chi connectivity index (χ1) is 16.9. The first-order valence-electron chi connectivity index (χ1n) is 11.4. The topological polar surface area (TPSA) is 96.3 Å². The van der Waals surface area contributed by atoms with Gasteiger partial charge in [0.15, 0.2) is 0 Å². The lowest BCUT2D eigenvalue weighted by molar-refractivity contribution is -0.132. The van der Waals surface area contributed by atoms with E-state index in [-0.39, 0.29) is 28.3 Å². The van der Waals surface area contributed by atoms with Crippen LogP contribution in [0.25, 0.3) is 5.76 Å². The van der Waals surface area contributed by atoms with Crippen LogP contribution in [0.15, 0.2) is 72.3 Å². The molecule has 35 heavy (non-hydrogen) atoms. The molecule has 1 saturated heterocycles. The normalized spacial score (nSPS) is 17.0. The highest BCUT2D eigenvalue weighted by Crippen LogP contribution is 2.45. The number of phenolic OH excluding ortho intramolecular Hbond substituents is 1. The van der Waals surface area contributed by atoms with Gasteiger partial charge in [0, 0.05) is 6.07 Å². The number of para-hydroxylation sites is 2. The van der Waals surface area contributed by atoms with Crippen LogP contribution in [-0.2, 0) is 9.59 Å². The third kappa shape index (κ3) is 4.45. The minimum Gasteiger partial charge on any atom is -0.507 e. The fourth-order valence-corrected chi connectivity index (χ4v) is 4.28. The number of anilines is 1. The summed E-state index contributed by atoms with van der Waals surface area (Å²) in [6, 6.07) is 17.6. The van der Waals surface area contributed by atoms with Gasteiger partial charge in [-0.05, 0) is 50.6 Å². The number of benzene rings is 3. The van der Waals surface area contributed by atoms with Crippen LogP contribution in [0.5, 0.6) is 17.2 Å². The van der Waals surface area contributed by atoms with Gasteiger partial charge in [0.1, 0.15) is 23.0 Å². The van der Waals surface area contributed by atoms with E-state index in [4.69, 9.17) is 9.47 Å². The monoisotopic (exact) mass is 473 g/mol. The number of hydrogen-bond acceptors (Lipinski definition) is 6. The molecule has 1 heterocycles. The molecule has 0 aromatic heterocycles. The highest BCUT2D eigenvalue weighted by molar-refractivity contribution is 6.52. The molecular weight excluding hydrogens is 446 g/mol. The molecular formula is C28H27NO6. The fraction of sp³-hybridized carbons (Fsp3) is 0.214. The van der Waals surface area contributed by atoms with Gasteiger partial charge < -0.3 is 19.7 Å². The fourth-order valence-electron chi connectivity index (χ4n) is 4.28. The van der Waals surface area contributed by atoms with Crippen LogP contribution in [0.1, 0.15) is 36.6 Å². The zero-order chi connectivity index (χ0) is 25.1. The number of carbonyl (C=O) groups excluding carboxylic acids is 2. The number of hydrogen-bond donors (Lipinski definition) is 2. The van der Waals surface area contributed by atoms with E-state index in [9.17, 15) is 19.8 Å². The largest absolute Gasteiger partial charge is 0.507 e. The van der Waals surface area contributed by atoms with Crippen molar-refractivity contribution in [2.24, 2.45) is 0 Å². The molecule has 1 amide bonds. The highest BCUT2D eigenvalue weighted by atomic mass is 16.5. The maximum Gasteiger partial charge on any atom is 0.300 e. The van der Waals surface area contributed by atoms with Crippen molar-refractivity contribution in [1.82, 2.24) is 0 Å². The number of amides is 1. The molecule has 0 saturated carbocycles. The van der Waals surface area contributed by atoms with E-state index >= 15 is 0 Å². The molecule has 3 aromatic rings. The van der Waals surface area contributed by atoms with Gasteiger partial charge in [0.2, 0.25) is 0 Å². The highest BCUT2D eigenvalue weighted by Gasteiger charge is 2.48. The molecule has 0 aliphatic carbocycles. The number of aryl methyl sites for hydroxylation is 1. The maximum absolute atomic E-state index is 13.4. The lowest BCUT2D eigenvalue weighted by atomic mass is 9.94. The van der Waals surface area contributed by atoms with Crippen LogP contribution in [0.2, 0.25) is 0 Å². The van der Waals surface area contributed by atoms with E-state index in [1.807, 2.05) is 32.0 Å². The van der Waals surface area contributed by atoms with Gasteiger partial charge in [0.25, 0.3) is 11.7 Å². The van der Waals surface area contributed by atoms with Crippen LogP contribution in [0.4, 0.5) is 5.69 Å². The molecule has 1 unspecified atom stereocenters. The van der Waals surface area contributed by atoms with Crippen molar-refractivity contribution < 1.29 is 29.3 Å². The van der Waals surface area contributed by atoms with Crippen LogP contribution in [-0.4, -0.2) is 35.1 Å². The van der Waals surface area contributed by atoms with Crippen molar-refractivity contribution in [3.63, 3.8) is 0 Å². The number of aliphatic hydroxyl groups is 1. The van der Waals surface area contributed by atoms with Gasteiger partial charge in [-0.15, -0.1) is 0 Å². The Labute approximate surface area is 203 Å². The molecule has 7 nitrogen and oxygen atoms in total. The zero-order valence-corrected chi connectivity index (χ0v) is 19.8. The Morgan fingerprint density at radius 2 is 1.69 bits per heavy atom. The average Bonchev–Trinajstić information content (AvgIpc) is 3.10. The lowest BCUT2D eigenvalue weighted by Crippen LogP contribution is -2.29. The second kappa shape index (κ2) is 9.93. The Kier molecular flexibility index (Phi) is 6.78. The summed E-state index contributed by atoms with van der Waals surface area (Å²) in [7, 11) is 0. The number of carbonyl (C=O) groups is 2. The molecule has 3 aromatic carbocycles. The maximum atomic E-state index is 13.4. The summed E-state index contributed by atoms with van der Waals surface area (Å²) in [5, 5.41) is 22.0. The number of ether oxygens (including phenoxy) is 2. The predicted molar refractivity (Wildman–Crippen MR) is 133 cm³/mol. The summed E-state index contributed by atoms with van der Waals surface area (Å²) in [5.41, 5.74) is 1.90. The quantitative estimate of drug-likeness (QED) is 0.281. The first-order valence-corrected chi connectivity index (χ1v) is 11.4. The lowest BCUT2D eigenvalue weighted by Gasteiger charge is -2.26. The number of ketones is 1. The average molecular weight is 474 g/mol.